The first-order valence-electron chi connectivity index (χ1n) is 10.2. The third-order valence-corrected chi connectivity index (χ3v) is 5.77. The van der Waals surface area contributed by atoms with Gasteiger partial charge in [-0.1, -0.05) is 59.6 Å². The van der Waals surface area contributed by atoms with Crippen LogP contribution in [0.5, 0.6) is 0 Å². The van der Waals surface area contributed by atoms with Gasteiger partial charge in [-0.05, 0) is 55.3 Å². The zero-order valence-electron chi connectivity index (χ0n) is 18.0. The van der Waals surface area contributed by atoms with Gasteiger partial charge in [-0.3, -0.25) is 4.79 Å². The number of carbonyl (C=O) groups is 2. The molecule has 0 unspecified atom stereocenters. The molecular formula is C26H20Cl2N2O3. The van der Waals surface area contributed by atoms with Gasteiger partial charge < -0.3 is 10.1 Å². The number of rotatable bonds is 5. The Morgan fingerprint density at radius 1 is 0.939 bits per heavy atom. The molecule has 166 valence electrons. The third kappa shape index (κ3) is 5.00. The predicted octanol–water partition coefficient (Wildman–Crippen LogP) is 6.62. The van der Waals surface area contributed by atoms with Crippen LogP contribution < -0.4 is 5.32 Å². The maximum atomic E-state index is 13.0. The largest absolute Gasteiger partial charge is 0.452 e. The Morgan fingerprint density at radius 3 is 2.39 bits per heavy atom. The minimum atomic E-state index is -0.628. The van der Waals surface area contributed by atoms with E-state index in [9.17, 15) is 9.59 Å². The summed E-state index contributed by atoms with van der Waals surface area (Å²) in [6.45, 7) is 3.39. The number of anilines is 1. The molecule has 0 aliphatic carbocycles. The number of hydrogen-bond acceptors (Lipinski definition) is 4. The first-order valence-corrected chi connectivity index (χ1v) is 11.0. The molecule has 0 atom stereocenters. The van der Waals surface area contributed by atoms with Crippen LogP contribution >= 0.6 is 23.2 Å². The first-order chi connectivity index (χ1) is 15.8. The van der Waals surface area contributed by atoms with Crippen LogP contribution in [0.15, 0.2) is 66.7 Å². The summed E-state index contributed by atoms with van der Waals surface area (Å²) in [5.74, 6) is -1.04. The second kappa shape index (κ2) is 9.61. The highest BCUT2D eigenvalue weighted by molar-refractivity contribution is 6.36. The van der Waals surface area contributed by atoms with Crippen molar-refractivity contribution in [3.05, 3.63) is 93.5 Å². The van der Waals surface area contributed by atoms with E-state index in [-0.39, 0.29) is 0 Å². The Hall–Kier alpha value is -3.41. The highest BCUT2D eigenvalue weighted by Gasteiger charge is 2.18. The van der Waals surface area contributed by atoms with Crippen LogP contribution in [0, 0.1) is 13.8 Å². The van der Waals surface area contributed by atoms with Crippen LogP contribution in [0.4, 0.5) is 5.69 Å². The van der Waals surface area contributed by atoms with Crippen molar-refractivity contribution in [2.24, 2.45) is 0 Å². The Kier molecular flexibility index (Phi) is 6.63. The lowest BCUT2D eigenvalue weighted by Crippen LogP contribution is -2.22. The predicted molar refractivity (Wildman–Crippen MR) is 132 cm³/mol. The van der Waals surface area contributed by atoms with Crippen molar-refractivity contribution in [1.82, 2.24) is 4.98 Å². The van der Waals surface area contributed by atoms with E-state index in [0.29, 0.717) is 43.5 Å². The van der Waals surface area contributed by atoms with Crippen molar-refractivity contribution in [1.29, 1.82) is 0 Å². The van der Waals surface area contributed by atoms with Crippen LogP contribution in [0.3, 0.4) is 0 Å². The summed E-state index contributed by atoms with van der Waals surface area (Å²) in [5, 5.41) is 4.34. The lowest BCUT2D eigenvalue weighted by atomic mass is 10.0. The minimum absolute atomic E-state index is 0.293. The van der Waals surface area contributed by atoms with Gasteiger partial charge in [0.2, 0.25) is 0 Å². The van der Waals surface area contributed by atoms with Crippen LogP contribution in [0.2, 0.25) is 10.0 Å². The van der Waals surface area contributed by atoms with Gasteiger partial charge in [-0.15, -0.1) is 0 Å². The number of halogens is 2. The topological polar surface area (TPSA) is 68.3 Å². The van der Waals surface area contributed by atoms with E-state index in [2.05, 4.69) is 10.3 Å². The summed E-state index contributed by atoms with van der Waals surface area (Å²) >= 11 is 12.4. The second-order valence-electron chi connectivity index (χ2n) is 7.59. The van der Waals surface area contributed by atoms with E-state index >= 15 is 0 Å². The molecule has 0 bridgehead atoms. The second-order valence-corrected chi connectivity index (χ2v) is 8.43. The Balaban J connectivity index is 1.60. The van der Waals surface area contributed by atoms with Gasteiger partial charge in [0.25, 0.3) is 5.91 Å². The van der Waals surface area contributed by atoms with E-state index < -0.39 is 18.5 Å². The number of pyridine rings is 1. The average molecular weight is 479 g/mol. The normalized spacial score (nSPS) is 10.8. The van der Waals surface area contributed by atoms with Crippen molar-refractivity contribution < 1.29 is 14.3 Å². The Bertz CT molecular complexity index is 1370. The number of fused-ring (bicyclic) bond motifs is 1. The third-order valence-electron chi connectivity index (χ3n) is 5.22. The number of ether oxygens (including phenoxy) is 1. The Morgan fingerprint density at radius 2 is 1.67 bits per heavy atom. The molecule has 0 aliphatic rings. The molecule has 7 heteroatoms. The van der Waals surface area contributed by atoms with Gasteiger partial charge in [0.05, 0.1) is 21.8 Å². The van der Waals surface area contributed by atoms with Crippen molar-refractivity contribution in [3.8, 4) is 11.3 Å². The molecule has 5 nitrogen and oxygen atoms in total. The highest BCUT2D eigenvalue weighted by Crippen LogP contribution is 2.32. The molecular weight excluding hydrogens is 459 g/mol. The lowest BCUT2D eigenvalue weighted by molar-refractivity contribution is -0.119. The van der Waals surface area contributed by atoms with Gasteiger partial charge in [0.15, 0.2) is 6.61 Å². The van der Waals surface area contributed by atoms with Crippen LogP contribution in [0.25, 0.3) is 22.2 Å². The minimum Gasteiger partial charge on any atom is -0.452 e. The smallest absolute Gasteiger partial charge is 0.339 e. The molecule has 0 saturated heterocycles. The average Bonchev–Trinajstić information content (AvgIpc) is 2.79. The highest BCUT2D eigenvalue weighted by atomic mass is 35.5. The van der Waals surface area contributed by atoms with Gasteiger partial charge >= 0.3 is 5.97 Å². The number of aromatic nitrogens is 1. The van der Waals surface area contributed by atoms with Crippen molar-refractivity contribution in [2.45, 2.75) is 13.8 Å². The van der Waals surface area contributed by atoms with E-state index in [1.165, 1.54) is 0 Å². The molecule has 33 heavy (non-hydrogen) atoms. The molecule has 0 aliphatic heterocycles. The standard InChI is InChI=1S/C26H20Cl2N2O3/c1-15-6-5-7-16(2)25(15)30-24(31)14-33-26(32)20-13-23(19-11-10-17(27)12-21(19)28)29-22-9-4-3-8-18(20)22/h3-13H,14H2,1-2H3,(H,30,31). The summed E-state index contributed by atoms with van der Waals surface area (Å²) < 4.78 is 5.36. The summed E-state index contributed by atoms with van der Waals surface area (Å²) in [7, 11) is 0. The van der Waals surface area contributed by atoms with Crippen LogP contribution in [-0.2, 0) is 9.53 Å². The summed E-state index contributed by atoms with van der Waals surface area (Å²) in [6.07, 6.45) is 0. The molecule has 0 radical (unpaired) electrons. The maximum Gasteiger partial charge on any atom is 0.339 e. The van der Waals surface area contributed by atoms with Gasteiger partial charge in [0.1, 0.15) is 0 Å². The maximum absolute atomic E-state index is 13.0. The van der Waals surface area contributed by atoms with Crippen molar-refractivity contribution in [2.75, 3.05) is 11.9 Å². The molecule has 3 aromatic carbocycles. The van der Waals surface area contributed by atoms with Gasteiger partial charge in [0, 0.05) is 21.7 Å². The number of amides is 1. The zero-order chi connectivity index (χ0) is 23.5. The molecule has 4 rings (SSSR count). The first kappa shape index (κ1) is 22.8. The van der Waals surface area contributed by atoms with Crippen LogP contribution in [-0.4, -0.2) is 23.5 Å². The van der Waals surface area contributed by atoms with E-state index in [0.717, 1.165) is 11.1 Å². The van der Waals surface area contributed by atoms with Crippen molar-refractivity contribution in [3.63, 3.8) is 0 Å². The number of aryl methyl sites for hydroxylation is 2. The van der Waals surface area contributed by atoms with Crippen molar-refractivity contribution >= 4 is 51.7 Å². The summed E-state index contributed by atoms with van der Waals surface area (Å²) in [4.78, 5) is 30.1. The molecule has 0 saturated carbocycles. The number of nitrogens with zero attached hydrogens (tertiary/aromatic N) is 1. The quantitative estimate of drug-likeness (QED) is 0.327. The molecule has 1 heterocycles. The number of carbonyl (C=O) groups excluding carboxylic acids is 2. The number of nitrogens with one attached hydrogen (secondary N) is 1. The summed E-state index contributed by atoms with van der Waals surface area (Å²) in [6, 6.07) is 19.6. The fourth-order valence-electron chi connectivity index (χ4n) is 3.58. The van der Waals surface area contributed by atoms with E-state index in [1.807, 2.05) is 44.2 Å². The molecule has 1 aromatic heterocycles. The Labute approximate surface area is 201 Å². The molecule has 1 N–H and O–H groups in total. The molecule has 0 fully saturated rings. The van der Waals surface area contributed by atoms with E-state index in [1.54, 1.807) is 36.4 Å². The van der Waals surface area contributed by atoms with Gasteiger partial charge in [-0.25, -0.2) is 9.78 Å². The lowest BCUT2D eigenvalue weighted by Gasteiger charge is -2.13. The molecule has 4 aromatic rings. The number of benzene rings is 3. The molecule has 1 amide bonds. The number of hydrogen-bond donors (Lipinski definition) is 1. The van der Waals surface area contributed by atoms with Crippen LogP contribution in [0.1, 0.15) is 21.5 Å². The number of esters is 1. The monoisotopic (exact) mass is 478 g/mol. The fraction of sp³-hybridized carbons (Fsp3) is 0.115. The number of para-hydroxylation sites is 2. The molecule has 0 spiro atoms. The SMILES string of the molecule is Cc1cccc(C)c1NC(=O)COC(=O)c1cc(-c2ccc(Cl)cc2Cl)nc2ccccc12. The zero-order valence-corrected chi connectivity index (χ0v) is 19.5. The van der Waals surface area contributed by atoms with E-state index in [4.69, 9.17) is 27.9 Å². The summed E-state index contributed by atoms with van der Waals surface area (Å²) in [5.41, 5.74) is 4.61. The van der Waals surface area contributed by atoms with Gasteiger partial charge in [-0.2, -0.15) is 0 Å². The fourth-order valence-corrected chi connectivity index (χ4v) is 4.08.